The molecule has 0 radical (unpaired) electrons. The minimum Gasteiger partial charge on any atom is -0.475 e. The molecule has 0 atom stereocenters. The number of hydrogen-bond acceptors (Lipinski definition) is 4. The van der Waals surface area contributed by atoms with Gasteiger partial charge in [0.2, 0.25) is 11.8 Å². The van der Waals surface area contributed by atoms with Gasteiger partial charge in [-0.2, -0.15) is 0 Å². The van der Waals surface area contributed by atoms with Gasteiger partial charge in [0.05, 0.1) is 17.0 Å². The van der Waals surface area contributed by atoms with Crippen molar-refractivity contribution < 1.29 is 9.53 Å². The zero-order valence-corrected chi connectivity index (χ0v) is 13.8. The number of nitrogens with zero attached hydrogens (tertiary/aromatic N) is 1. The van der Waals surface area contributed by atoms with Crippen molar-refractivity contribution in [2.45, 2.75) is 26.7 Å². The summed E-state index contributed by atoms with van der Waals surface area (Å²) in [5.74, 6) is 0.250. The number of ether oxygens (including phenoxy) is 1. The van der Waals surface area contributed by atoms with Gasteiger partial charge >= 0.3 is 0 Å². The average molecular weight is 334 g/mol. The number of halogens is 2. The fraction of sp³-hybridized carbons (Fsp3) is 0.571. The predicted octanol–water partition coefficient (Wildman–Crippen LogP) is 2.65. The monoisotopic (exact) mass is 333 g/mol. The number of carbonyl (C=O) groups is 1. The summed E-state index contributed by atoms with van der Waals surface area (Å²) in [7, 11) is 0. The molecule has 0 bridgehead atoms. The number of pyridine rings is 1. The molecule has 1 heterocycles. The molecule has 21 heavy (non-hydrogen) atoms. The number of carbonyl (C=O) groups excluding carboxylic acids is 1. The summed E-state index contributed by atoms with van der Waals surface area (Å²) < 4.78 is 5.41. The van der Waals surface area contributed by atoms with E-state index in [0.29, 0.717) is 41.9 Å². The molecule has 7 heteroatoms. The molecule has 0 aliphatic rings. The first-order chi connectivity index (χ1) is 9.99. The maximum atomic E-state index is 12.2. The number of amides is 1. The van der Waals surface area contributed by atoms with Crippen molar-refractivity contribution in [1.82, 2.24) is 10.3 Å². The summed E-state index contributed by atoms with van der Waals surface area (Å²) in [5.41, 5.74) is 5.22. The summed E-state index contributed by atoms with van der Waals surface area (Å²) in [6.45, 7) is 4.89. The van der Waals surface area contributed by atoms with Crippen LogP contribution < -0.4 is 15.8 Å². The Morgan fingerprint density at radius 3 is 2.62 bits per heavy atom. The van der Waals surface area contributed by atoms with E-state index < -0.39 is 5.41 Å². The second-order valence-electron chi connectivity index (χ2n) is 4.74. The molecule has 0 saturated carbocycles. The standard InChI is InChI=1S/C14H21Cl2N3O2/c1-3-14(4-2,9-17)13(20)18-5-6-21-12-11(16)7-10(15)8-19-12/h7-8H,3-6,9,17H2,1-2H3,(H,18,20). The van der Waals surface area contributed by atoms with E-state index in [2.05, 4.69) is 10.3 Å². The van der Waals surface area contributed by atoms with Crippen LogP contribution >= 0.6 is 23.2 Å². The zero-order chi connectivity index (χ0) is 15.9. The van der Waals surface area contributed by atoms with Crippen molar-refractivity contribution in [3.05, 3.63) is 22.3 Å². The van der Waals surface area contributed by atoms with Crippen LogP contribution in [0.1, 0.15) is 26.7 Å². The fourth-order valence-corrected chi connectivity index (χ4v) is 2.40. The molecule has 5 nitrogen and oxygen atoms in total. The Balaban J connectivity index is 2.45. The van der Waals surface area contributed by atoms with Crippen molar-refractivity contribution >= 4 is 29.1 Å². The third-order valence-corrected chi connectivity index (χ3v) is 4.10. The van der Waals surface area contributed by atoms with E-state index in [-0.39, 0.29) is 12.5 Å². The maximum absolute atomic E-state index is 12.2. The van der Waals surface area contributed by atoms with Gasteiger partial charge in [-0.1, -0.05) is 37.0 Å². The van der Waals surface area contributed by atoms with Crippen LogP contribution in [0.15, 0.2) is 12.3 Å². The van der Waals surface area contributed by atoms with Crippen LogP contribution in [0, 0.1) is 5.41 Å². The highest BCUT2D eigenvalue weighted by Gasteiger charge is 2.32. The van der Waals surface area contributed by atoms with Gasteiger partial charge in [-0.25, -0.2) is 4.98 Å². The molecule has 0 aromatic carbocycles. The van der Waals surface area contributed by atoms with E-state index in [1.165, 1.54) is 6.20 Å². The molecule has 1 amide bonds. The van der Waals surface area contributed by atoms with Crippen molar-refractivity contribution in [2.24, 2.45) is 11.1 Å². The molecule has 0 fully saturated rings. The molecule has 3 N–H and O–H groups in total. The maximum Gasteiger partial charge on any atom is 0.232 e. The van der Waals surface area contributed by atoms with E-state index in [1.54, 1.807) is 6.07 Å². The topological polar surface area (TPSA) is 77.2 Å². The van der Waals surface area contributed by atoms with Gasteiger partial charge < -0.3 is 15.8 Å². The van der Waals surface area contributed by atoms with Crippen molar-refractivity contribution in [3.63, 3.8) is 0 Å². The lowest BCUT2D eigenvalue weighted by Gasteiger charge is -2.28. The minimum atomic E-state index is -0.504. The Labute approximate surface area is 135 Å². The highest BCUT2D eigenvalue weighted by Crippen LogP contribution is 2.25. The molecule has 1 aromatic rings. The summed E-state index contributed by atoms with van der Waals surface area (Å²) in [6.07, 6.45) is 2.86. The van der Waals surface area contributed by atoms with E-state index in [0.717, 1.165) is 0 Å². The summed E-state index contributed by atoms with van der Waals surface area (Å²) in [6, 6.07) is 1.55. The molecular weight excluding hydrogens is 313 g/mol. The quantitative estimate of drug-likeness (QED) is 0.717. The second-order valence-corrected chi connectivity index (χ2v) is 5.58. The SMILES string of the molecule is CCC(CC)(CN)C(=O)NCCOc1ncc(Cl)cc1Cl. The Hall–Kier alpha value is -1.04. The molecular formula is C14H21Cl2N3O2. The van der Waals surface area contributed by atoms with E-state index in [1.807, 2.05) is 13.8 Å². The first kappa shape index (κ1) is 18.0. The Morgan fingerprint density at radius 2 is 2.10 bits per heavy atom. The van der Waals surface area contributed by atoms with Gasteiger partial charge in [0.1, 0.15) is 11.6 Å². The molecule has 1 aromatic heterocycles. The summed E-state index contributed by atoms with van der Waals surface area (Å²) >= 11 is 11.7. The van der Waals surface area contributed by atoms with Gasteiger partial charge in [0, 0.05) is 12.7 Å². The smallest absolute Gasteiger partial charge is 0.232 e. The molecule has 0 spiro atoms. The van der Waals surface area contributed by atoms with E-state index in [9.17, 15) is 4.79 Å². The lowest BCUT2D eigenvalue weighted by Crippen LogP contribution is -2.46. The van der Waals surface area contributed by atoms with Crippen LogP contribution in [-0.2, 0) is 4.79 Å². The molecule has 118 valence electrons. The van der Waals surface area contributed by atoms with E-state index in [4.69, 9.17) is 33.7 Å². The predicted molar refractivity (Wildman–Crippen MR) is 84.8 cm³/mol. The number of nitrogens with one attached hydrogen (secondary N) is 1. The van der Waals surface area contributed by atoms with Crippen LogP contribution in [-0.4, -0.2) is 30.6 Å². The number of hydrogen-bond donors (Lipinski definition) is 2. The molecule has 0 unspecified atom stereocenters. The Bertz CT molecular complexity index is 471. The number of aromatic nitrogens is 1. The fourth-order valence-electron chi connectivity index (χ4n) is 1.96. The number of rotatable bonds is 8. The molecule has 1 rings (SSSR count). The first-order valence-electron chi connectivity index (χ1n) is 6.91. The lowest BCUT2D eigenvalue weighted by atomic mass is 9.81. The molecule has 0 aliphatic carbocycles. The van der Waals surface area contributed by atoms with E-state index >= 15 is 0 Å². The lowest BCUT2D eigenvalue weighted by molar-refractivity contribution is -0.131. The molecule has 0 saturated heterocycles. The molecule has 0 aliphatic heterocycles. The highest BCUT2D eigenvalue weighted by molar-refractivity contribution is 6.35. The van der Waals surface area contributed by atoms with Gasteiger partial charge in [-0.3, -0.25) is 4.79 Å². The van der Waals surface area contributed by atoms with Gasteiger partial charge in [-0.05, 0) is 18.9 Å². The summed E-state index contributed by atoms with van der Waals surface area (Å²) in [5, 5.41) is 3.62. The normalized spacial score (nSPS) is 11.3. The van der Waals surface area contributed by atoms with Gasteiger partial charge in [0.15, 0.2) is 0 Å². The van der Waals surface area contributed by atoms with Crippen LogP contribution in [0.25, 0.3) is 0 Å². The summed E-state index contributed by atoms with van der Waals surface area (Å²) in [4.78, 5) is 16.1. The highest BCUT2D eigenvalue weighted by atomic mass is 35.5. The Morgan fingerprint density at radius 1 is 1.43 bits per heavy atom. The van der Waals surface area contributed by atoms with Crippen molar-refractivity contribution in [3.8, 4) is 5.88 Å². The minimum absolute atomic E-state index is 0.0474. The second kappa shape index (κ2) is 8.41. The van der Waals surface area contributed by atoms with Crippen LogP contribution in [0.5, 0.6) is 5.88 Å². The third kappa shape index (κ3) is 4.73. The van der Waals surface area contributed by atoms with Gasteiger partial charge in [0.25, 0.3) is 0 Å². The third-order valence-electron chi connectivity index (χ3n) is 3.63. The van der Waals surface area contributed by atoms with Crippen LogP contribution in [0.3, 0.4) is 0 Å². The zero-order valence-electron chi connectivity index (χ0n) is 12.3. The average Bonchev–Trinajstić information content (AvgIpc) is 2.48. The van der Waals surface area contributed by atoms with Gasteiger partial charge in [-0.15, -0.1) is 0 Å². The Kier molecular flexibility index (Phi) is 7.22. The van der Waals surface area contributed by atoms with Crippen LogP contribution in [0.2, 0.25) is 10.0 Å². The first-order valence-corrected chi connectivity index (χ1v) is 7.67. The largest absolute Gasteiger partial charge is 0.475 e. The van der Waals surface area contributed by atoms with Crippen molar-refractivity contribution in [1.29, 1.82) is 0 Å². The number of nitrogens with two attached hydrogens (primary N) is 1. The van der Waals surface area contributed by atoms with Crippen LogP contribution in [0.4, 0.5) is 0 Å². The van der Waals surface area contributed by atoms with Crippen molar-refractivity contribution in [2.75, 3.05) is 19.7 Å².